The average Bonchev–Trinajstić information content (AvgIpc) is 3.18. The molecule has 0 aliphatic heterocycles. The van der Waals surface area contributed by atoms with E-state index in [4.69, 9.17) is 5.73 Å². The maximum atomic E-state index is 13.9. The third kappa shape index (κ3) is 4.99. The van der Waals surface area contributed by atoms with Crippen LogP contribution in [0.3, 0.4) is 0 Å². The molecule has 1 amide bonds. The van der Waals surface area contributed by atoms with Gasteiger partial charge in [-0.3, -0.25) is 14.6 Å². The highest BCUT2D eigenvalue weighted by Crippen LogP contribution is 2.30. The smallest absolute Gasteiger partial charge is 0.253 e. The molecular weight excluding hydrogens is 450 g/mol. The number of aromatic nitrogens is 3. The van der Waals surface area contributed by atoms with Crippen molar-refractivity contribution in [3.05, 3.63) is 94.3 Å². The zero-order valence-corrected chi connectivity index (χ0v) is 17.7. The Balaban J connectivity index is 1.43. The molecule has 4 N–H and O–H groups in total. The van der Waals surface area contributed by atoms with E-state index in [-0.39, 0.29) is 21.7 Å². The third-order valence-electron chi connectivity index (χ3n) is 4.49. The van der Waals surface area contributed by atoms with Gasteiger partial charge in [0.2, 0.25) is 5.78 Å². The number of carbonyl (C=O) groups is 2. The summed E-state index contributed by atoms with van der Waals surface area (Å²) < 4.78 is 27.9. The fourth-order valence-corrected chi connectivity index (χ4v) is 3.71. The van der Waals surface area contributed by atoms with Gasteiger partial charge >= 0.3 is 0 Å². The molecule has 0 bridgehead atoms. The Morgan fingerprint density at radius 3 is 2.48 bits per heavy atom. The maximum absolute atomic E-state index is 13.9. The van der Waals surface area contributed by atoms with Gasteiger partial charge in [0.1, 0.15) is 28.1 Å². The second kappa shape index (κ2) is 9.49. The van der Waals surface area contributed by atoms with Gasteiger partial charge in [0.05, 0.1) is 11.1 Å². The van der Waals surface area contributed by atoms with E-state index in [9.17, 15) is 18.4 Å². The Hall–Kier alpha value is -4.25. The van der Waals surface area contributed by atoms with Crippen molar-refractivity contribution >= 4 is 39.8 Å². The van der Waals surface area contributed by atoms with Crippen LogP contribution in [-0.2, 0) is 6.54 Å². The van der Waals surface area contributed by atoms with Crippen LogP contribution in [0.4, 0.5) is 25.5 Å². The molecule has 11 heteroatoms. The van der Waals surface area contributed by atoms with Crippen molar-refractivity contribution in [3.63, 3.8) is 0 Å². The van der Waals surface area contributed by atoms with E-state index in [0.717, 1.165) is 29.0 Å². The second-order valence-corrected chi connectivity index (χ2v) is 7.76. The summed E-state index contributed by atoms with van der Waals surface area (Å²) in [6.45, 7) is 0.324. The fourth-order valence-electron chi connectivity index (χ4n) is 2.88. The van der Waals surface area contributed by atoms with Crippen LogP contribution < -0.4 is 16.4 Å². The summed E-state index contributed by atoms with van der Waals surface area (Å²) >= 11 is 0.836. The molecule has 0 radical (unpaired) electrons. The Bertz CT molecular complexity index is 1290. The Kier molecular flexibility index (Phi) is 6.31. The number of thiazole rings is 1. The first-order valence-electron chi connectivity index (χ1n) is 9.57. The van der Waals surface area contributed by atoms with Gasteiger partial charge in [0, 0.05) is 25.1 Å². The first-order valence-corrected chi connectivity index (χ1v) is 10.4. The van der Waals surface area contributed by atoms with E-state index in [1.807, 2.05) is 6.07 Å². The zero-order chi connectivity index (χ0) is 23.4. The number of pyridine rings is 2. The number of halogens is 2. The van der Waals surface area contributed by atoms with Crippen molar-refractivity contribution in [2.45, 2.75) is 6.54 Å². The van der Waals surface area contributed by atoms with Crippen LogP contribution in [-0.4, -0.2) is 26.6 Å². The monoisotopic (exact) mass is 466 g/mol. The topological polar surface area (TPSA) is 123 Å². The summed E-state index contributed by atoms with van der Waals surface area (Å²) in [5, 5.41) is 5.83. The van der Waals surface area contributed by atoms with E-state index in [2.05, 4.69) is 25.6 Å². The molecule has 0 aliphatic rings. The predicted octanol–water partition coefficient (Wildman–Crippen LogP) is 3.70. The first kappa shape index (κ1) is 22.0. The van der Waals surface area contributed by atoms with Crippen molar-refractivity contribution in [1.29, 1.82) is 0 Å². The van der Waals surface area contributed by atoms with Gasteiger partial charge in [-0.15, -0.1) is 0 Å². The highest BCUT2D eigenvalue weighted by Gasteiger charge is 2.24. The van der Waals surface area contributed by atoms with Crippen LogP contribution in [0.15, 0.2) is 61.1 Å². The number of nitrogens with one attached hydrogen (secondary N) is 2. The van der Waals surface area contributed by atoms with Gasteiger partial charge in [0.15, 0.2) is 5.13 Å². The average molecular weight is 466 g/mol. The number of rotatable bonds is 7. The molecule has 33 heavy (non-hydrogen) atoms. The zero-order valence-electron chi connectivity index (χ0n) is 16.9. The van der Waals surface area contributed by atoms with Gasteiger partial charge in [-0.25, -0.2) is 18.7 Å². The predicted molar refractivity (Wildman–Crippen MR) is 119 cm³/mol. The highest BCUT2D eigenvalue weighted by molar-refractivity contribution is 7.18. The number of benzene rings is 1. The molecule has 0 spiro atoms. The lowest BCUT2D eigenvalue weighted by atomic mass is 10.1. The van der Waals surface area contributed by atoms with Gasteiger partial charge in [-0.2, -0.15) is 0 Å². The molecule has 0 fully saturated rings. The lowest BCUT2D eigenvalue weighted by molar-refractivity contribution is 0.0949. The van der Waals surface area contributed by atoms with E-state index >= 15 is 0 Å². The number of ketones is 1. The number of anilines is 3. The number of hydrogen-bond donors (Lipinski definition) is 3. The number of nitrogens with two attached hydrogens (primary N) is 1. The number of nitrogens with zero attached hydrogens (tertiary/aromatic N) is 3. The van der Waals surface area contributed by atoms with Crippen LogP contribution in [0, 0.1) is 11.6 Å². The molecule has 0 unspecified atom stereocenters. The summed E-state index contributed by atoms with van der Waals surface area (Å²) in [7, 11) is 0. The largest absolute Gasteiger partial charge is 0.382 e. The van der Waals surface area contributed by atoms with Crippen LogP contribution >= 0.6 is 11.3 Å². The minimum atomic E-state index is -0.985. The number of nitrogen functional groups attached to an aromatic ring is 1. The Morgan fingerprint density at radius 2 is 1.82 bits per heavy atom. The molecule has 1 aromatic carbocycles. The quantitative estimate of drug-likeness (QED) is 0.355. The van der Waals surface area contributed by atoms with Crippen molar-refractivity contribution in [1.82, 2.24) is 20.3 Å². The maximum Gasteiger partial charge on any atom is 0.253 e. The van der Waals surface area contributed by atoms with E-state index < -0.39 is 23.0 Å². The molecule has 0 aliphatic carbocycles. The number of hydrogen-bond acceptors (Lipinski definition) is 8. The minimum Gasteiger partial charge on any atom is -0.382 e. The summed E-state index contributed by atoms with van der Waals surface area (Å²) in [5.74, 6) is -3.01. The van der Waals surface area contributed by atoms with Crippen LogP contribution in [0.2, 0.25) is 0 Å². The van der Waals surface area contributed by atoms with Gasteiger partial charge in [-0.1, -0.05) is 23.5 Å². The molecular formula is C22H16F2N6O2S. The first-order chi connectivity index (χ1) is 15.9. The molecule has 4 aromatic rings. The second-order valence-electron chi connectivity index (χ2n) is 6.76. The van der Waals surface area contributed by atoms with Gasteiger partial charge in [0.25, 0.3) is 5.91 Å². The van der Waals surface area contributed by atoms with E-state index in [1.165, 1.54) is 12.3 Å². The van der Waals surface area contributed by atoms with Gasteiger partial charge < -0.3 is 16.4 Å². The molecule has 3 heterocycles. The molecule has 8 nitrogen and oxygen atoms in total. The minimum absolute atomic E-state index is 0.104. The third-order valence-corrected chi connectivity index (χ3v) is 5.47. The van der Waals surface area contributed by atoms with Crippen LogP contribution in [0.5, 0.6) is 0 Å². The fraction of sp³-hybridized carbons (Fsp3) is 0.0455. The molecule has 0 saturated carbocycles. The molecule has 4 rings (SSSR count). The van der Waals surface area contributed by atoms with Crippen molar-refractivity contribution in [2.75, 3.05) is 11.1 Å². The number of carbonyl (C=O) groups excluding carboxylic acids is 2. The standard InChI is InChI=1S/C22H16F2N6O2S/c23-14-4-1-5-15(24)17(14)18(31)19-20(25)30-22(33-19)29-16-7-6-13(11-27-16)21(32)28-10-12-3-2-8-26-9-12/h1-9,11H,10,25H2,(H,28,32)(H,27,29,30). The highest BCUT2D eigenvalue weighted by atomic mass is 32.1. The summed E-state index contributed by atoms with van der Waals surface area (Å²) in [6, 6.07) is 9.88. The SMILES string of the molecule is Nc1nc(Nc2ccc(C(=O)NCc3cccnc3)cn2)sc1C(=O)c1c(F)cccc1F. The summed E-state index contributed by atoms with van der Waals surface area (Å²) in [4.78, 5) is 36.9. The Labute approximate surface area is 190 Å². The van der Waals surface area contributed by atoms with Gasteiger partial charge in [-0.05, 0) is 35.9 Å². The molecule has 3 aromatic heterocycles. The molecule has 0 saturated heterocycles. The van der Waals surface area contributed by atoms with E-state index in [1.54, 1.807) is 30.6 Å². The van der Waals surface area contributed by atoms with E-state index in [0.29, 0.717) is 17.9 Å². The molecule has 0 atom stereocenters. The summed E-state index contributed by atoms with van der Waals surface area (Å²) in [5.41, 5.74) is 6.30. The van der Waals surface area contributed by atoms with Crippen molar-refractivity contribution < 1.29 is 18.4 Å². The van der Waals surface area contributed by atoms with Crippen LogP contribution in [0.1, 0.15) is 31.2 Å². The normalized spacial score (nSPS) is 10.6. The lowest BCUT2D eigenvalue weighted by Crippen LogP contribution is -2.22. The summed E-state index contributed by atoms with van der Waals surface area (Å²) in [6.07, 6.45) is 4.68. The van der Waals surface area contributed by atoms with Crippen molar-refractivity contribution in [2.24, 2.45) is 0 Å². The lowest BCUT2D eigenvalue weighted by Gasteiger charge is -2.06. The molecule has 166 valence electrons. The Morgan fingerprint density at radius 1 is 1.03 bits per heavy atom. The van der Waals surface area contributed by atoms with Crippen molar-refractivity contribution in [3.8, 4) is 0 Å². The van der Waals surface area contributed by atoms with Crippen LogP contribution in [0.25, 0.3) is 0 Å². The number of amides is 1.